The molecule has 0 atom stereocenters. The van der Waals surface area contributed by atoms with Gasteiger partial charge in [0, 0.05) is 31.6 Å². The van der Waals surface area contributed by atoms with Gasteiger partial charge >= 0.3 is 0 Å². The molecule has 0 unspecified atom stereocenters. The zero-order valence-corrected chi connectivity index (χ0v) is 27.1. The number of benzene rings is 2. The predicted octanol–water partition coefficient (Wildman–Crippen LogP) is 11.9. The molecular formula is C42H29N3O2S. The van der Waals surface area contributed by atoms with Crippen LogP contribution in [0.4, 0.5) is 0 Å². The third-order valence-corrected chi connectivity index (χ3v) is 9.96. The van der Waals surface area contributed by atoms with Crippen molar-refractivity contribution >= 4 is 56.1 Å². The van der Waals surface area contributed by atoms with Gasteiger partial charge in [-0.05, 0) is 97.8 Å². The Morgan fingerprint density at radius 1 is 0.479 bits per heavy atom. The SMILES string of the molecule is Cc1ccc(-c2c3nc(c(-c4ccco4)c4ccc(s4)c(-c4ccco4)c4nc(c(-c5ccc(C)cc5)c5ccc2[nH]5)C=C4)C=C3)cc1. The van der Waals surface area contributed by atoms with Gasteiger partial charge in [-0.25, -0.2) is 9.97 Å². The minimum Gasteiger partial charge on any atom is -0.464 e. The van der Waals surface area contributed by atoms with Gasteiger partial charge in [-0.2, -0.15) is 0 Å². The second kappa shape index (κ2) is 11.4. The molecule has 0 aliphatic carbocycles. The molecule has 7 aromatic rings. The molecule has 0 amide bonds. The summed E-state index contributed by atoms with van der Waals surface area (Å²) < 4.78 is 14.1. The van der Waals surface area contributed by atoms with Gasteiger partial charge < -0.3 is 13.8 Å². The Hall–Kier alpha value is -5.98. The number of nitrogens with zero attached hydrogens (tertiary/aromatic N) is 2. The maximum atomic E-state index is 6.02. The number of H-pyrrole nitrogens is 1. The zero-order chi connectivity index (χ0) is 32.2. The molecule has 5 nitrogen and oxygen atoms in total. The maximum absolute atomic E-state index is 6.02. The van der Waals surface area contributed by atoms with E-state index in [1.807, 2.05) is 24.3 Å². The minimum atomic E-state index is 0.763. The van der Waals surface area contributed by atoms with Crippen LogP contribution in [0.3, 0.4) is 0 Å². The van der Waals surface area contributed by atoms with E-state index in [4.69, 9.17) is 18.8 Å². The van der Waals surface area contributed by atoms with Crippen LogP contribution in [-0.2, 0) is 0 Å². The second-order valence-electron chi connectivity index (χ2n) is 12.1. The number of nitrogens with one attached hydrogen (secondary N) is 1. The van der Waals surface area contributed by atoms with Gasteiger partial charge in [0.25, 0.3) is 0 Å². The molecule has 0 saturated heterocycles. The van der Waals surface area contributed by atoms with Crippen LogP contribution in [0.2, 0.25) is 0 Å². The van der Waals surface area contributed by atoms with Gasteiger partial charge in [0.15, 0.2) is 0 Å². The van der Waals surface area contributed by atoms with Gasteiger partial charge in [0.05, 0.1) is 46.4 Å². The van der Waals surface area contributed by atoms with E-state index in [1.165, 1.54) is 11.1 Å². The van der Waals surface area contributed by atoms with Gasteiger partial charge in [0.2, 0.25) is 0 Å². The summed E-state index contributed by atoms with van der Waals surface area (Å²) in [5.74, 6) is 1.53. The zero-order valence-electron chi connectivity index (χ0n) is 26.3. The summed E-state index contributed by atoms with van der Waals surface area (Å²) in [5, 5.41) is 0. The van der Waals surface area contributed by atoms with E-state index in [2.05, 4.69) is 116 Å². The van der Waals surface area contributed by atoms with Crippen molar-refractivity contribution in [2.24, 2.45) is 0 Å². The van der Waals surface area contributed by atoms with Crippen molar-refractivity contribution in [2.75, 3.05) is 0 Å². The van der Waals surface area contributed by atoms with Crippen molar-refractivity contribution in [3.8, 4) is 44.9 Å². The predicted molar refractivity (Wildman–Crippen MR) is 198 cm³/mol. The lowest BCUT2D eigenvalue weighted by atomic mass is 10.0. The lowest BCUT2D eigenvalue weighted by Gasteiger charge is -2.06. The normalized spacial score (nSPS) is 12.2. The molecule has 5 aromatic heterocycles. The Morgan fingerprint density at radius 2 is 0.896 bits per heavy atom. The Morgan fingerprint density at radius 3 is 1.29 bits per heavy atom. The van der Waals surface area contributed by atoms with Crippen LogP contribution >= 0.6 is 11.3 Å². The molecule has 230 valence electrons. The summed E-state index contributed by atoms with van der Waals surface area (Å²) in [6.07, 6.45) is 11.8. The van der Waals surface area contributed by atoms with Crippen molar-refractivity contribution in [1.82, 2.24) is 15.0 Å². The molecule has 1 N–H and O–H groups in total. The van der Waals surface area contributed by atoms with E-state index in [0.29, 0.717) is 0 Å². The third kappa shape index (κ3) is 4.86. The standard InChI is InChI=1S/C42H29N3O2S/c1-25-7-11-27(12-8-25)39-29-15-16-30(43-29)40(28-13-9-26(2)10-14-28)32-18-20-34(45-32)42(36-6-4-24-47-36)38-22-21-37(48-38)41(35-5-3-23-46-35)33-19-17-31(39)44-33/h3-24,43H,1-2H3. The third-order valence-electron chi connectivity index (χ3n) is 8.84. The Labute approximate surface area is 281 Å². The number of aromatic nitrogens is 3. The lowest BCUT2D eigenvalue weighted by molar-refractivity contribution is 0.582. The summed E-state index contributed by atoms with van der Waals surface area (Å²) in [7, 11) is 0. The topological polar surface area (TPSA) is 67.8 Å². The summed E-state index contributed by atoms with van der Waals surface area (Å²) in [4.78, 5) is 14.4. The highest BCUT2D eigenvalue weighted by molar-refractivity contribution is 7.24. The van der Waals surface area contributed by atoms with E-state index in [9.17, 15) is 0 Å². The van der Waals surface area contributed by atoms with Gasteiger partial charge in [-0.1, -0.05) is 59.7 Å². The number of thiophene rings is 1. The number of aryl methyl sites for hydroxylation is 2. The fourth-order valence-electron chi connectivity index (χ4n) is 6.49. The number of aromatic amines is 1. The van der Waals surface area contributed by atoms with Crippen molar-refractivity contribution in [2.45, 2.75) is 13.8 Å². The number of furan rings is 2. The van der Waals surface area contributed by atoms with E-state index in [-0.39, 0.29) is 0 Å². The quantitative estimate of drug-likeness (QED) is 0.208. The second-order valence-corrected chi connectivity index (χ2v) is 13.2. The van der Waals surface area contributed by atoms with Crippen LogP contribution in [0.5, 0.6) is 0 Å². The average molecular weight is 640 g/mol. The van der Waals surface area contributed by atoms with Crippen LogP contribution in [-0.4, -0.2) is 15.0 Å². The molecule has 2 aromatic carbocycles. The van der Waals surface area contributed by atoms with E-state index < -0.39 is 0 Å². The fraction of sp³-hybridized carbons (Fsp3) is 0.0476. The first-order valence-corrected chi connectivity index (χ1v) is 16.7. The molecule has 0 saturated carbocycles. The Bertz CT molecular complexity index is 2370. The summed E-state index contributed by atoms with van der Waals surface area (Å²) in [6.45, 7) is 4.22. The largest absolute Gasteiger partial charge is 0.464 e. The molecule has 0 spiro atoms. The minimum absolute atomic E-state index is 0.763. The number of hydrogen-bond donors (Lipinski definition) is 1. The lowest BCUT2D eigenvalue weighted by Crippen LogP contribution is -1.88. The molecule has 9 rings (SSSR count). The summed E-state index contributed by atoms with van der Waals surface area (Å²) >= 11 is 1.68. The number of fused-ring (bicyclic) bond motifs is 8. The van der Waals surface area contributed by atoms with Crippen LogP contribution in [0.15, 0.2) is 118 Å². The van der Waals surface area contributed by atoms with Crippen LogP contribution in [0, 0.1) is 13.8 Å². The van der Waals surface area contributed by atoms with Gasteiger partial charge in [-0.3, -0.25) is 0 Å². The van der Waals surface area contributed by atoms with E-state index in [0.717, 1.165) is 88.1 Å². The molecule has 48 heavy (non-hydrogen) atoms. The van der Waals surface area contributed by atoms with Crippen molar-refractivity contribution in [3.63, 3.8) is 0 Å². The molecule has 2 aliphatic rings. The molecule has 6 heteroatoms. The molecule has 0 radical (unpaired) electrons. The highest BCUT2D eigenvalue weighted by atomic mass is 32.1. The molecule has 0 fully saturated rings. The summed E-state index contributed by atoms with van der Waals surface area (Å²) in [6, 6.07) is 33.7. The van der Waals surface area contributed by atoms with E-state index >= 15 is 0 Å². The first-order valence-electron chi connectivity index (χ1n) is 15.9. The first kappa shape index (κ1) is 28.3. The molecule has 2 aliphatic heterocycles. The van der Waals surface area contributed by atoms with Crippen LogP contribution in [0.1, 0.15) is 33.9 Å². The van der Waals surface area contributed by atoms with Crippen molar-refractivity contribution < 1.29 is 8.83 Å². The molecular weight excluding hydrogens is 611 g/mol. The Kier molecular flexibility index (Phi) is 6.69. The number of rotatable bonds is 4. The molecule has 8 bridgehead atoms. The monoisotopic (exact) mass is 639 g/mol. The fourth-order valence-corrected chi connectivity index (χ4v) is 7.61. The van der Waals surface area contributed by atoms with Gasteiger partial charge in [0.1, 0.15) is 11.5 Å². The molecule has 7 heterocycles. The first-order chi connectivity index (χ1) is 23.6. The highest BCUT2D eigenvalue weighted by Crippen LogP contribution is 2.41. The maximum Gasteiger partial charge on any atom is 0.137 e. The van der Waals surface area contributed by atoms with Crippen LogP contribution < -0.4 is 0 Å². The number of hydrogen-bond acceptors (Lipinski definition) is 5. The smallest absolute Gasteiger partial charge is 0.137 e. The van der Waals surface area contributed by atoms with Crippen molar-refractivity contribution in [1.29, 1.82) is 0 Å². The summed E-state index contributed by atoms with van der Waals surface area (Å²) in [5.41, 5.74) is 13.9. The highest BCUT2D eigenvalue weighted by Gasteiger charge is 2.20. The van der Waals surface area contributed by atoms with Crippen molar-refractivity contribution in [3.05, 3.63) is 143 Å². The van der Waals surface area contributed by atoms with Gasteiger partial charge in [-0.15, -0.1) is 11.3 Å². The average Bonchev–Trinajstić information content (AvgIpc) is 3.94. The Balaban J connectivity index is 1.47. The van der Waals surface area contributed by atoms with E-state index in [1.54, 1.807) is 23.9 Å². The van der Waals surface area contributed by atoms with Crippen LogP contribution in [0.25, 0.3) is 89.6 Å².